The van der Waals surface area contributed by atoms with Crippen LogP contribution in [0.3, 0.4) is 0 Å². The third kappa shape index (κ3) is 5.17. The van der Waals surface area contributed by atoms with Gasteiger partial charge >= 0.3 is 0 Å². The Bertz CT molecular complexity index is 1240. The molecule has 2 aromatic rings. The Morgan fingerprint density at radius 3 is 2.76 bits per heavy atom. The molecule has 7 nitrogen and oxygen atoms in total. The van der Waals surface area contributed by atoms with Crippen LogP contribution in [0.5, 0.6) is 0 Å². The minimum Gasteiger partial charge on any atom is -0.350 e. The van der Waals surface area contributed by atoms with Crippen molar-refractivity contribution >= 4 is 41.4 Å². The van der Waals surface area contributed by atoms with E-state index in [9.17, 15) is 18.8 Å². The van der Waals surface area contributed by atoms with Crippen molar-refractivity contribution in [2.24, 2.45) is 5.73 Å². The number of hydrogen-bond donors (Lipinski definition) is 2. The first-order valence-corrected chi connectivity index (χ1v) is 11.3. The van der Waals surface area contributed by atoms with Crippen molar-refractivity contribution < 1.29 is 18.8 Å². The van der Waals surface area contributed by atoms with Crippen LogP contribution < -0.4 is 21.6 Å². The van der Waals surface area contributed by atoms with Gasteiger partial charge in [0.2, 0.25) is 11.8 Å². The third-order valence-electron chi connectivity index (χ3n) is 5.94. The molecular weight excluding hydrogens is 447 g/mol. The summed E-state index contributed by atoms with van der Waals surface area (Å²) < 4.78 is 15.8. The molecule has 1 saturated carbocycles. The van der Waals surface area contributed by atoms with Crippen LogP contribution >= 0.6 is 11.6 Å². The molecule has 33 heavy (non-hydrogen) atoms. The molecule has 1 fully saturated rings. The summed E-state index contributed by atoms with van der Waals surface area (Å²) in [5.74, 6) is -1.25. The minimum absolute atomic E-state index is 0.000620. The number of rotatable bonds is 8. The molecule has 0 bridgehead atoms. The molecule has 2 amide bonds. The first-order valence-electron chi connectivity index (χ1n) is 10.9. The number of nitrogens with one attached hydrogen (secondary N) is 1. The molecule has 1 heterocycles. The Morgan fingerprint density at radius 2 is 2.06 bits per heavy atom. The lowest BCUT2D eigenvalue weighted by Crippen LogP contribution is -2.45. The van der Waals surface area contributed by atoms with Gasteiger partial charge in [0.05, 0.1) is 11.6 Å². The van der Waals surface area contributed by atoms with Gasteiger partial charge in [0.25, 0.3) is 0 Å². The number of aromatic nitrogens is 1. The Kier molecular flexibility index (Phi) is 6.67. The zero-order chi connectivity index (χ0) is 23.7. The number of hydrogen-bond acceptors (Lipinski definition) is 4. The molecule has 9 heteroatoms. The largest absolute Gasteiger partial charge is 0.350 e. The molecule has 174 valence electrons. The molecule has 4 rings (SSSR count). The standard InChI is InChI=1S/C24H26ClFN4O3/c1-14(31)19-11-29(21-9-16(27)5-8-18(19)21)13-23(33)30(17-6-7-17)12-22(32)28-10-15-3-2-4-20(25)24(15)26/h2-4,8-9,11,16-17H,5-7,10,12-13,27H2,1H3,(H,28,32). The van der Waals surface area contributed by atoms with Crippen LogP contribution in [0.4, 0.5) is 4.39 Å². The lowest BCUT2D eigenvalue weighted by atomic mass is 10.1. The van der Waals surface area contributed by atoms with E-state index < -0.39 is 5.82 Å². The number of nitrogens with zero attached hydrogens (tertiary/aromatic N) is 2. The fourth-order valence-corrected chi connectivity index (χ4v) is 4.25. The molecule has 1 unspecified atom stereocenters. The fraction of sp³-hybridized carbons (Fsp3) is 0.375. The van der Waals surface area contributed by atoms with E-state index in [0.717, 1.165) is 23.4 Å². The molecule has 2 aliphatic carbocycles. The van der Waals surface area contributed by atoms with Crippen LogP contribution in [0.25, 0.3) is 12.2 Å². The molecule has 2 aliphatic rings. The SMILES string of the molecule is CC(=O)c1cn(CC(=O)N(CC(=O)NCc2cccc(Cl)c2F)C2CC2)c2c1=CCC(N)C=2. The first kappa shape index (κ1) is 23.2. The van der Waals surface area contributed by atoms with Crippen LogP contribution in [-0.2, 0) is 22.7 Å². The summed E-state index contributed by atoms with van der Waals surface area (Å²) in [4.78, 5) is 39.3. The number of amides is 2. The zero-order valence-corrected chi connectivity index (χ0v) is 19.1. The summed E-state index contributed by atoms with van der Waals surface area (Å²) in [5.41, 5.74) is 6.88. The lowest BCUT2D eigenvalue weighted by Gasteiger charge is -2.22. The van der Waals surface area contributed by atoms with Gasteiger partial charge in [0.15, 0.2) is 5.78 Å². The number of benzene rings is 1. The number of nitrogens with two attached hydrogens (primary N) is 1. The molecular formula is C24H26ClFN4O3. The van der Waals surface area contributed by atoms with E-state index in [2.05, 4.69) is 5.32 Å². The van der Waals surface area contributed by atoms with Gasteiger partial charge in [-0.3, -0.25) is 14.4 Å². The zero-order valence-electron chi connectivity index (χ0n) is 18.3. The van der Waals surface area contributed by atoms with Gasteiger partial charge in [0.1, 0.15) is 12.4 Å². The quantitative estimate of drug-likeness (QED) is 0.562. The monoisotopic (exact) mass is 472 g/mol. The summed E-state index contributed by atoms with van der Waals surface area (Å²) >= 11 is 5.79. The van der Waals surface area contributed by atoms with E-state index in [1.54, 1.807) is 27.8 Å². The van der Waals surface area contributed by atoms with Crippen LogP contribution in [0.1, 0.15) is 42.1 Å². The van der Waals surface area contributed by atoms with Crippen LogP contribution in [0.2, 0.25) is 5.02 Å². The number of fused-ring (bicyclic) bond motifs is 1. The van der Waals surface area contributed by atoms with Crippen molar-refractivity contribution in [3.63, 3.8) is 0 Å². The fourth-order valence-electron chi connectivity index (χ4n) is 4.06. The maximum atomic E-state index is 14.1. The first-order chi connectivity index (χ1) is 15.7. The maximum Gasteiger partial charge on any atom is 0.243 e. The summed E-state index contributed by atoms with van der Waals surface area (Å²) in [6.45, 7) is 1.35. The second-order valence-corrected chi connectivity index (χ2v) is 8.95. The number of halogens is 2. The van der Waals surface area contributed by atoms with E-state index >= 15 is 0 Å². The van der Waals surface area contributed by atoms with Gasteiger partial charge in [-0.05, 0) is 38.3 Å². The topological polar surface area (TPSA) is 97.4 Å². The predicted molar refractivity (Wildman–Crippen MR) is 123 cm³/mol. The van der Waals surface area contributed by atoms with Crippen LogP contribution in [0, 0.1) is 5.82 Å². The number of carbonyl (C=O) groups is 3. The van der Waals surface area contributed by atoms with Crippen molar-refractivity contribution in [1.29, 1.82) is 0 Å². The van der Waals surface area contributed by atoms with Crippen molar-refractivity contribution in [3.05, 3.63) is 56.9 Å². The van der Waals surface area contributed by atoms with Crippen LogP contribution in [0.15, 0.2) is 24.4 Å². The highest BCUT2D eigenvalue weighted by atomic mass is 35.5. The molecule has 3 N–H and O–H groups in total. The molecule has 1 aromatic heterocycles. The van der Waals surface area contributed by atoms with E-state index in [1.807, 2.05) is 12.2 Å². The molecule has 0 radical (unpaired) electrons. The number of ketones is 1. The second kappa shape index (κ2) is 9.49. The average molecular weight is 473 g/mol. The second-order valence-electron chi connectivity index (χ2n) is 8.54. The normalized spacial score (nSPS) is 16.9. The van der Waals surface area contributed by atoms with Crippen molar-refractivity contribution in [3.8, 4) is 0 Å². The molecule has 0 saturated heterocycles. The molecule has 0 spiro atoms. The Balaban J connectivity index is 1.47. The van der Waals surface area contributed by atoms with Crippen molar-refractivity contribution in [2.75, 3.05) is 6.54 Å². The molecule has 1 aromatic carbocycles. The van der Waals surface area contributed by atoms with Gasteiger partial charge < -0.3 is 20.5 Å². The highest BCUT2D eigenvalue weighted by Crippen LogP contribution is 2.27. The Labute approximate surface area is 195 Å². The predicted octanol–water partition coefficient (Wildman–Crippen LogP) is 1.08. The van der Waals surface area contributed by atoms with E-state index in [-0.39, 0.29) is 59.9 Å². The maximum absolute atomic E-state index is 14.1. The van der Waals surface area contributed by atoms with E-state index in [0.29, 0.717) is 12.0 Å². The van der Waals surface area contributed by atoms with Gasteiger partial charge in [-0.2, -0.15) is 0 Å². The number of Topliss-reactive ketones (excluding diaryl/α,β-unsaturated/α-hetero) is 1. The highest BCUT2D eigenvalue weighted by Gasteiger charge is 2.34. The van der Waals surface area contributed by atoms with E-state index in [4.69, 9.17) is 17.3 Å². The third-order valence-corrected chi connectivity index (χ3v) is 6.23. The number of carbonyl (C=O) groups excluding carboxylic acids is 3. The smallest absolute Gasteiger partial charge is 0.243 e. The van der Waals surface area contributed by atoms with Gasteiger partial charge in [-0.25, -0.2) is 4.39 Å². The molecule has 0 aliphatic heterocycles. The minimum atomic E-state index is -0.570. The summed E-state index contributed by atoms with van der Waals surface area (Å²) in [6, 6.07) is 4.42. The van der Waals surface area contributed by atoms with Crippen LogP contribution in [-0.4, -0.2) is 45.7 Å². The van der Waals surface area contributed by atoms with Crippen molar-refractivity contribution in [1.82, 2.24) is 14.8 Å². The van der Waals surface area contributed by atoms with Gasteiger partial charge in [-0.15, -0.1) is 0 Å². The van der Waals surface area contributed by atoms with Gasteiger partial charge in [0, 0.05) is 46.5 Å². The summed E-state index contributed by atoms with van der Waals surface area (Å²) in [7, 11) is 0. The average Bonchev–Trinajstić information content (AvgIpc) is 3.55. The Hall–Kier alpha value is -2.97. The summed E-state index contributed by atoms with van der Waals surface area (Å²) in [6.07, 6.45) is 7.77. The highest BCUT2D eigenvalue weighted by molar-refractivity contribution is 6.30. The van der Waals surface area contributed by atoms with Crippen molar-refractivity contribution in [2.45, 2.75) is 51.4 Å². The summed E-state index contributed by atoms with van der Waals surface area (Å²) in [5, 5.41) is 4.21. The van der Waals surface area contributed by atoms with Gasteiger partial charge in [-0.1, -0.05) is 29.8 Å². The Morgan fingerprint density at radius 1 is 1.30 bits per heavy atom. The van der Waals surface area contributed by atoms with E-state index in [1.165, 1.54) is 13.0 Å². The lowest BCUT2D eigenvalue weighted by molar-refractivity contribution is -0.137. The molecule has 1 atom stereocenters.